The molecule has 0 aliphatic carbocycles. The van der Waals surface area contributed by atoms with E-state index >= 15 is 4.39 Å². The number of halogens is 1. The van der Waals surface area contributed by atoms with Gasteiger partial charge in [0.05, 0.1) is 44.4 Å². The maximum absolute atomic E-state index is 15.6. The van der Waals surface area contributed by atoms with Crippen molar-refractivity contribution in [1.82, 2.24) is 4.67 Å². The second-order valence-electron chi connectivity index (χ2n) is 8.63. The highest BCUT2D eigenvalue weighted by molar-refractivity contribution is 7.54. The molecule has 0 aromatic heterocycles. The van der Waals surface area contributed by atoms with Gasteiger partial charge in [0, 0.05) is 25.4 Å². The van der Waals surface area contributed by atoms with Crippen molar-refractivity contribution in [3.05, 3.63) is 0 Å². The molecule has 202 valence electrons. The molecule has 14 heteroatoms. The average Bonchev–Trinajstić information content (AvgIpc) is 3.11. The van der Waals surface area contributed by atoms with Crippen LogP contribution in [-0.4, -0.2) is 80.6 Å². The van der Waals surface area contributed by atoms with Crippen LogP contribution in [0, 0.1) is 11.3 Å². The Labute approximate surface area is 211 Å². The molecular weight excluding hydrogens is 500 g/mol. The SMILES string of the molecule is B[C@@H]1O[C@H](C(OC(C)=O)C(F)P(=O)(OCC)OCC)CC1OP(OCCC#N)N(C(C)C)C(C)C. The van der Waals surface area contributed by atoms with Gasteiger partial charge < -0.3 is 27.6 Å². The van der Waals surface area contributed by atoms with Gasteiger partial charge in [-0.2, -0.15) is 5.26 Å². The largest absolute Gasteiger partial charge is 0.456 e. The molecular formula is C21H40BFN2O8P2. The van der Waals surface area contributed by atoms with Crippen molar-refractivity contribution in [3.8, 4) is 6.07 Å². The van der Waals surface area contributed by atoms with E-state index in [0.717, 1.165) is 6.92 Å². The smallest absolute Gasteiger partial charge is 0.368 e. The number of nitrogens with zero attached hydrogens (tertiary/aromatic N) is 2. The lowest BCUT2D eigenvalue weighted by Gasteiger charge is -2.37. The third kappa shape index (κ3) is 9.64. The minimum Gasteiger partial charge on any atom is -0.456 e. The number of rotatable bonds is 16. The lowest BCUT2D eigenvalue weighted by molar-refractivity contribution is -0.156. The summed E-state index contributed by atoms with van der Waals surface area (Å²) in [5, 5.41) is 8.91. The van der Waals surface area contributed by atoms with Crippen LogP contribution in [0.15, 0.2) is 0 Å². The summed E-state index contributed by atoms with van der Waals surface area (Å²) in [6.45, 7) is 12.5. The van der Waals surface area contributed by atoms with Gasteiger partial charge in [0.25, 0.3) is 8.53 Å². The maximum Gasteiger partial charge on any atom is 0.368 e. The highest BCUT2D eigenvalue weighted by Gasteiger charge is 2.51. The van der Waals surface area contributed by atoms with Crippen LogP contribution in [0.1, 0.15) is 61.3 Å². The predicted molar refractivity (Wildman–Crippen MR) is 133 cm³/mol. The van der Waals surface area contributed by atoms with Crippen LogP contribution in [0.5, 0.6) is 0 Å². The fraction of sp³-hybridized carbons (Fsp3) is 0.905. The van der Waals surface area contributed by atoms with Crippen LogP contribution in [-0.2, 0) is 36.9 Å². The van der Waals surface area contributed by atoms with E-state index in [1.54, 1.807) is 21.7 Å². The summed E-state index contributed by atoms with van der Waals surface area (Å²) in [5.41, 5.74) is 0. The molecule has 1 aliphatic rings. The van der Waals surface area contributed by atoms with Crippen molar-refractivity contribution in [3.63, 3.8) is 0 Å². The molecule has 10 nitrogen and oxygen atoms in total. The zero-order valence-electron chi connectivity index (χ0n) is 22.0. The van der Waals surface area contributed by atoms with E-state index in [9.17, 15) is 9.36 Å². The van der Waals surface area contributed by atoms with E-state index in [2.05, 4.69) is 10.7 Å². The van der Waals surface area contributed by atoms with Crippen LogP contribution in [0.25, 0.3) is 0 Å². The number of carbonyl (C=O) groups excluding carboxylic acids is 1. The van der Waals surface area contributed by atoms with Gasteiger partial charge in [0.2, 0.25) is 5.91 Å². The Hall–Kier alpha value is -0.625. The molecule has 0 bridgehead atoms. The molecule has 1 rings (SSSR count). The Morgan fingerprint density at radius 3 is 2.29 bits per heavy atom. The van der Waals surface area contributed by atoms with Gasteiger partial charge in [-0.15, -0.1) is 0 Å². The Bertz CT molecular complexity index is 727. The van der Waals surface area contributed by atoms with Gasteiger partial charge in [0.15, 0.2) is 6.10 Å². The standard InChI is InChI=1S/C21H40BFN2O8P2/c1-8-29-35(27,30-9-2)21(23)19(31-16(7)26)17-13-18(20(22)32-17)33-34(28-12-10-11-24)25(14(3)4)15(5)6/h14-15,17-21H,8-10,12-13,22H2,1-7H3/t17-,18?,19?,20+,21?,34?/m0/s1. The normalized spacial score (nSPS) is 23.4. The minimum absolute atomic E-state index is 0.0390. The fourth-order valence-corrected chi connectivity index (χ4v) is 7.30. The zero-order valence-corrected chi connectivity index (χ0v) is 23.8. The fourth-order valence-electron chi connectivity index (χ4n) is 3.81. The molecule has 0 N–H and O–H groups in total. The summed E-state index contributed by atoms with van der Waals surface area (Å²) in [6.07, 6.45) is -2.58. The number of nitriles is 1. The monoisotopic (exact) mass is 540 g/mol. The highest BCUT2D eigenvalue weighted by atomic mass is 31.2. The van der Waals surface area contributed by atoms with Crippen LogP contribution in [0.3, 0.4) is 0 Å². The van der Waals surface area contributed by atoms with Gasteiger partial charge in [-0.1, -0.05) is 0 Å². The van der Waals surface area contributed by atoms with Crippen molar-refractivity contribution in [2.24, 2.45) is 0 Å². The van der Waals surface area contributed by atoms with Crippen molar-refractivity contribution >= 4 is 29.9 Å². The molecule has 0 saturated carbocycles. The summed E-state index contributed by atoms with van der Waals surface area (Å²) in [4.78, 5) is 11.8. The number of hydrogen-bond acceptors (Lipinski definition) is 10. The third-order valence-electron chi connectivity index (χ3n) is 5.13. The zero-order chi connectivity index (χ0) is 26.8. The van der Waals surface area contributed by atoms with Crippen molar-refractivity contribution in [2.45, 2.75) is 104 Å². The summed E-state index contributed by atoms with van der Waals surface area (Å²) in [6, 6.07) is 1.77. The number of esters is 1. The van der Waals surface area contributed by atoms with Gasteiger partial charge in [-0.3, -0.25) is 9.36 Å². The molecule has 6 atom stereocenters. The predicted octanol–water partition coefficient (Wildman–Crippen LogP) is 3.89. The first-order valence-electron chi connectivity index (χ1n) is 12.0. The quantitative estimate of drug-likeness (QED) is 0.124. The lowest BCUT2D eigenvalue weighted by Crippen LogP contribution is -2.39. The highest BCUT2D eigenvalue weighted by Crippen LogP contribution is 2.57. The van der Waals surface area contributed by atoms with E-state index in [1.165, 1.54) is 0 Å². The molecule has 4 unspecified atom stereocenters. The van der Waals surface area contributed by atoms with Crippen LogP contribution in [0.4, 0.5) is 4.39 Å². The van der Waals surface area contributed by atoms with Gasteiger partial charge in [0.1, 0.15) is 14.0 Å². The van der Waals surface area contributed by atoms with Gasteiger partial charge >= 0.3 is 13.6 Å². The van der Waals surface area contributed by atoms with Gasteiger partial charge in [-0.25, -0.2) is 9.06 Å². The number of hydrogen-bond donors (Lipinski definition) is 0. The van der Waals surface area contributed by atoms with Crippen molar-refractivity contribution in [2.75, 3.05) is 19.8 Å². The summed E-state index contributed by atoms with van der Waals surface area (Å²) in [7, 11) is -4.02. The molecule has 0 spiro atoms. The summed E-state index contributed by atoms with van der Waals surface area (Å²) >= 11 is 0. The number of alkyl halides is 1. The second kappa shape index (κ2) is 15.6. The Morgan fingerprint density at radius 2 is 1.83 bits per heavy atom. The minimum atomic E-state index is -4.23. The van der Waals surface area contributed by atoms with Crippen LogP contribution < -0.4 is 0 Å². The topological polar surface area (TPSA) is 117 Å². The van der Waals surface area contributed by atoms with Crippen LogP contribution >= 0.6 is 16.1 Å². The molecule has 0 radical (unpaired) electrons. The Kier molecular flexibility index (Phi) is 14.4. The summed E-state index contributed by atoms with van der Waals surface area (Å²) in [5.74, 6) is -2.98. The molecule has 35 heavy (non-hydrogen) atoms. The van der Waals surface area contributed by atoms with E-state index in [-0.39, 0.29) is 44.7 Å². The Morgan fingerprint density at radius 1 is 1.26 bits per heavy atom. The molecule has 0 aromatic carbocycles. The number of carbonyl (C=O) groups is 1. The Balaban J connectivity index is 3.14. The molecule has 1 heterocycles. The second-order valence-corrected chi connectivity index (χ2v) is 12.1. The van der Waals surface area contributed by atoms with Crippen LogP contribution in [0.2, 0.25) is 0 Å². The number of ether oxygens (including phenoxy) is 2. The maximum atomic E-state index is 15.6. The molecule has 1 saturated heterocycles. The molecule has 0 aromatic rings. The first kappa shape index (κ1) is 32.4. The van der Waals surface area contributed by atoms with Gasteiger partial charge in [-0.05, 0) is 41.5 Å². The van der Waals surface area contributed by atoms with E-state index in [0.29, 0.717) is 0 Å². The average molecular weight is 540 g/mol. The van der Waals surface area contributed by atoms with Crippen molar-refractivity contribution in [1.29, 1.82) is 5.26 Å². The lowest BCUT2D eigenvalue weighted by atomic mass is 9.94. The van der Waals surface area contributed by atoms with E-state index in [1.807, 2.05) is 27.7 Å². The first-order chi connectivity index (χ1) is 16.4. The molecule has 0 amide bonds. The molecule has 1 aliphatic heterocycles. The molecule has 1 fully saturated rings. The summed E-state index contributed by atoms with van der Waals surface area (Å²) < 4.78 is 64.5. The third-order valence-corrected chi connectivity index (χ3v) is 9.41. The van der Waals surface area contributed by atoms with E-state index < -0.39 is 52.3 Å². The van der Waals surface area contributed by atoms with E-state index in [4.69, 9.17) is 32.8 Å². The van der Waals surface area contributed by atoms with Crippen molar-refractivity contribution < 1.29 is 41.3 Å². The first-order valence-corrected chi connectivity index (χ1v) is 14.8.